The van der Waals surface area contributed by atoms with Gasteiger partial charge in [0.05, 0.1) is 6.61 Å². The van der Waals surface area contributed by atoms with Crippen molar-refractivity contribution in [1.29, 1.82) is 5.26 Å². The van der Waals surface area contributed by atoms with Crippen LogP contribution in [0.4, 0.5) is 8.78 Å². The normalized spacial score (nSPS) is 12.2. The van der Waals surface area contributed by atoms with Crippen molar-refractivity contribution in [2.45, 2.75) is 19.3 Å². The van der Waals surface area contributed by atoms with Crippen LogP contribution in [0.2, 0.25) is 0 Å². The number of halogens is 2. The van der Waals surface area contributed by atoms with Crippen molar-refractivity contribution >= 4 is 0 Å². The van der Waals surface area contributed by atoms with Crippen LogP contribution < -0.4 is 0 Å². The van der Waals surface area contributed by atoms with Crippen LogP contribution in [0.3, 0.4) is 0 Å². The molecule has 0 heterocycles. The first kappa shape index (κ1) is 12.4. The second kappa shape index (κ2) is 4.90. The molecule has 0 spiro atoms. The van der Waals surface area contributed by atoms with Gasteiger partial charge in [-0.2, -0.15) is 5.26 Å². The van der Waals surface area contributed by atoms with Crippen LogP contribution in [0.5, 0.6) is 5.75 Å². The molecule has 0 aliphatic rings. The summed E-state index contributed by atoms with van der Waals surface area (Å²) in [5, 5.41) is 27.2. The Bertz CT molecular complexity index is 437. The highest BCUT2D eigenvalue weighted by atomic mass is 19.1. The summed E-state index contributed by atoms with van der Waals surface area (Å²) in [7, 11) is 0. The van der Waals surface area contributed by atoms with Gasteiger partial charge in [-0.3, -0.25) is 0 Å². The molecule has 0 aromatic heterocycles. The van der Waals surface area contributed by atoms with Gasteiger partial charge < -0.3 is 10.2 Å². The minimum absolute atomic E-state index is 0.206. The largest absolute Gasteiger partial charge is 0.506 e. The molecule has 0 bridgehead atoms. The molecule has 0 saturated heterocycles. The van der Waals surface area contributed by atoms with Gasteiger partial charge in [0, 0.05) is 17.5 Å². The van der Waals surface area contributed by atoms with E-state index in [9.17, 15) is 13.9 Å². The van der Waals surface area contributed by atoms with Gasteiger partial charge in [0.2, 0.25) is 0 Å². The van der Waals surface area contributed by atoms with Crippen molar-refractivity contribution in [3.63, 3.8) is 0 Å². The van der Waals surface area contributed by atoms with Gasteiger partial charge in [-0.15, -0.1) is 0 Å². The quantitative estimate of drug-likeness (QED) is 0.830. The van der Waals surface area contributed by atoms with Gasteiger partial charge in [0.1, 0.15) is 29.0 Å². The monoisotopic (exact) mass is 227 g/mol. The van der Waals surface area contributed by atoms with Crippen LogP contribution in [0, 0.1) is 23.0 Å². The fourth-order valence-corrected chi connectivity index (χ4v) is 1.54. The lowest BCUT2D eigenvalue weighted by atomic mass is 9.93. The number of benzene rings is 1. The van der Waals surface area contributed by atoms with Crippen molar-refractivity contribution < 1.29 is 19.0 Å². The number of aliphatic hydroxyl groups is 1. The van der Waals surface area contributed by atoms with Crippen molar-refractivity contribution in [1.82, 2.24) is 0 Å². The van der Waals surface area contributed by atoms with Crippen molar-refractivity contribution in [3.05, 3.63) is 28.8 Å². The number of hydrogen-bond donors (Lipinski definition) is 2. The van der Waals surface area contributed by atoms with Crippen LogP contribution in [0.1, 0.15) is 30.4 Å². The summed E-state index contributed by atoms with van der Waals surface area (Å²) in [5.41, 5.74) is -0.800. The predicted octanol–water partition coefficient (Wildman–Crippen LogP) is 2.03. The molecule has 0 saturated carbocycles. The first-order valence-corrected chi connectivity index (χ1v) is 4.78. The number of phenols is 1. The molecule has 2 N–H and O–H groups in total. The zero-order chi connectivity index (χ0) is 12.3. The average Bonchev–Trinajstić information content (AvgIpc) is 2.24. The molecular formula is C11H11F2NO2. The maximum atomic E-state index is 13.4. The molecule has 0 aliphatic heterocycles. The molecule has 86 valence electrons. The standard InChI is InChI=1S/C11H11F2NO2/c1-2-6(5-15)10-9(13)3-8(12)7(4-14)11(10)16/h3,6,15-16H,2,5H2,1H3. The number of aromatic hydroxyl groups is 1. The van der Waals surface area contributed by atoms with Crippen LogP contribution in [0.25, 0.3) is 0 Å². The molecule has 1 unspecified atom stereocenters. The van der Waals surface area contributed by atoms with E-state index in [1.807, 2.05) is 0 Å². The van der Waals surface area contributed by atoms with E-state index in [-0.39, 0.29) is 12.2 Å². The maximum absolute atomic E-state index is 13.4. The molecule has 0 fully saturated rings. The smallest absolute Gasteiger partial charge is 0.147 e. The van der Waals surface area contributed by atoms with E-state index in [1.54, 1.807) is 6.92 Å². The fraction of sp³-hybridized carbons (Fsp3) is 0.364. The van der Waals surface area contributed by atoms with E-state index in [0.717, 1.165) is 0 Å². The Labute approximate surface area is 91.6 Å². The highest BCUT2D eigenvalue weighted by molar-refractivity contribution is 5.50. The third-order valence-corrected chi connectivity index (χ3v) is 2.47. The first-order valence-electron chi connectivity index (χ1n) is 4.78. The van der Waals surface area contributed by atoms with Crippen LogP contribution >= 0.6 is 0 Å². The number of nitrogens with zero attached hydrogens (tertiary/aromatic N) is 1. The Morgan fingerprint density at radius 3 is 2.50 bits per heavy atom. The number of phenolic OH excluding ortho intramolecular Hbond substituents is 1. The van der Waals surface area contributed by atoms with E-state index in [0.29, 0.717) is 12.5 Å². The van der Waals surface area contributed by atoms with Crippen molar-refractivity contribution in [3.8, 4) is 11.8 Å². The number of aliphatic hydroxyl groups excluding tert-OH is 1. The van der Waals surface area contributed by atoms with Crippen molar-refractivity contribution in [2.24, 2.45) is 0 Å². The van der Waals surface area contributed by atoms with Gasteiger partial charge >= 0.3 is 0 Å². The first-order chi connectivity index (χ1) is 7.56. The molecule has 1 aromatic rings. The van der Waals surface area contributed by atoms with Crippen molar-refractivity contribution in [2.75, 3.05) is 6.61 Å². The molecule has 1 aromatic carbocycles. The zero-order valence-electron chi connectivity index (χ0n) is 8.67. The molecule has 16 heavy (non-hydrogen) atoms. The van der Waals surface area contributed by atoms with E-state index in [4.69, 9.17) is 10.4 Å². The molecule has 0 amide bonds. The van der Waals surface area contributed by atoms with E-state index >= 15 is 0 Å². The third kappa shape index (κ3) is 1.97. The molecule has 0 aliphatic carbocycles. The van der Waals surface area contributed by atoms with Crippen LogP contribution in [-0.4, -0.2) is 16.8 Å². The minimum atomic E-state index is -1.10. The van der Waals surface area contributed by atoms with Crippen LogP contribution in [-0.2, 0) is 0 Å². The summed E-state index contributed by atoms with van der Waals surface area (Å²) in [5.74, 6) is -3.42. The maximum Gasteiger partial charge on any atom is 0.147 e. The Morgan fingerprint density at radius 1 is 1.44 bits per heavy atom. The lowest BCUT2D eigenvalue weighted by molar-refractivity contribution is 0.256. The van der Waals surface area contributed by atoms with Gasteiger partial charge in [-0.25, -0.2) is 8.78 Å². The minimum Gasteiger partial charge on any atom is -0.506 e. The summed E-state index contributed by atoms with van der Waals surface area (Å²) < 4.78 is 26.5. The highest BCUT2D eigenvalue weighted by Crippen LogP contribution is 2.34. The molecule has 1 rings (SSSR count). The van der Waals surface area contributed by atoms with Gasteiger partial charge in [-0.1, -0.05) is 6.92 Å². The fourth-order valence-electron chi connectivity index (χ4n) is 1.54. The predicted molar refractivity (Wildman–Crippen MR) is 52.9 cm³/mol. The summed E-state index contributed by atoms with van der Waals surface area (Å²) in [4.78, 5) is 0. The molecule has 5 heteroatoms. The second-order valence-electron chi connectivity index (χ2n) is 3.38. The van der Waals surface area contributed by atoms with E-state index in [2.05, 4.69) is 0 Å². The number of nitriles is 1. The topological polar surface area (TPSA) is 64.2 Å². The Kier molecular flexibility index (Phi) is 3.80. The summed E-state index contributed by atoms with van der Waals surface area (Å²) >= 11 is 0. The number of hydrogen-bond acceptors (Lipinski definition) is 3. The summed E-state index contributed by atoms with van der Waals surface area (Å²) in [6, 6.07) is 2.01. The Morgan fingerprint density at radius 2 is 2.06 bits per heavy atom. The third-order valence-electron chi connectivity index (χ3n) is 2.47. The van der Waals surface area contributed by atoms with Gasteiger partial charge in [0.15, 0.2) is 0 Å². The lowest BCUT2D eigenvalue weighted by Crippen LogP contribution is -2.07. The molecule has 0 radical (unpaired) electrons. The van der Waals surface area contributed by atoms with Gasteiger partial charge in [0.25, 0.3) is 0 Å². The molecule has 3 nitrogen and oxygen atoms in total. The Balaban J connectivity index is 3.45. The molecular weight excluding hydrogens is 216 g/mol. The average molecular weight is 227 g/mol. The van der Waals surface area contributed by atoms with Crippen LogP contribution in [0.15, 0.2) is 6.07 Å². The molecule has 1 atom stereocenters. The lowest BCUT2D eigenvalue weighted by Gasteiger charge is -2.15. The highest BCUT2D eigenvalue weighted by Gasteiger charge is 2.23. The van der Waals surface area contributed by atoms with Gasteiger partial charge in [-0.05, 0) is 6.42 Å². The van der Waals surface area contributed by atoms with E-state index in [1.165, 1.54) is 6.07 Å². The SMILES string of the molecule is CCC(CO)c1c(F)cc(F)c(C#N)c1O. The van der Waals surface area contributed by atoms with E-state index < -0.39 is 28.9 Å². The number of rotatable bonds is 3. The summed E-state index contributed by atoms with van der Waals surface area (Å²) in [6.45, 7) is 1.31. The second-order valence-corrected chi connectivity index (χ2v) is 3.38. The summed E-state index contributed by atoms with van der Waals surface area (Å²) in [6.07, 6.45) is 0.373. The zero-order valence-corrected chi connectivity index (χ0v) is 8.67. The Hall–Kier alpha value is -1.67.